The molecule has 0 saturated carbocycles. The van der Waals surface area contributed by atoms with Gasteiger partial charge in [0.1, 0.15) is 11.5 Å². The minimum Gasteiger partial charge on any atom is -0.322 e. The standard InChI is InChI=1S/C25H23FN4O3S/c1-16-4-7-18(8-5-16)24-22(15-30(29-24)21-12-9-19(26)10-13-21)25(31)28-20-11-6-17(2)23(14-20)34(32,33)27-3/h4-15,27H,1-3H3,(H,28,31). The summed E-state index contributed by atoms with van der Waals surface area (Å²) in [6, 6.07) is 18.0. The van der Waals surface area contributed by atoms with Crippen LogP contribution in [0.1, 0.15) is 21.5 Å². The fraction of sp³-hybridized carbons (Fsp3) is 0.120. The van der Waals surface area contributed by atoms with Gasteiger partial charge in [-0.25, -0.2) is 22.2 Å². The van der Waals surface area contributed by atoms with E-state index in [1.54, 1.807) is 37.4 Å². The molecular weight excluding hydrogens is 455 g/mol. The first kappa shape index (κ1) is 23.3. The predicted octanol–water partition coefficient (Wildman–Crippen LogP) is 4.46. The summed E-state index contributed by atoms with van der Waals surface area (Å²) in [6.45, 7) is 3.64. The predicted molar refractivity (Wildman–Crippen MR) is 129 cm³/mol. The molecule has 34 heavy (non-hydrogen) atoms. The maximum atomic E-state index is 13.4. The molecule has 3 aromatic carbocycles. The van der Waals surface area contributed by atoms with Crippen LogP contribution in [0.2, 0.25) is 0 Å². The second-order valence-electron chi connectivity index (χ2n) is 7.82. The summed E-state index contributed by atoms with van der Waals surface area (Å²) in [5.41, 5.74) is 3.99. The molecule has 0 unspecified atom stereocenters. The van der Waals surface area contributed by atoms with E-state index in [0.717, 1.165) is 11.1 Å². The number of anilines is 1. The van der Waals surface area contributed by atoms with E-state index in [0.29, 0.717) is 22.6 Å². The molecule has 2 N–H and O–H groups in total. The molecular formula is C25H23FN4O3S. The number of halogens is 1. The molecule has 0 spiro atoms. The average molecular weight is 479 g/mol. The molecule has 1 amide bonds. The number of hydrogen-bond acceptors (Lipinski definition) is 4. The van der Waals surface area contributed by atoms with E-state index < -0.39 is 15.9 Å². The molecule has 0 aliphatic carbocycles. The Morgan fingerprint density at radius 2 is 1.65 bits per heavy atom. The van der Waals surface area contributed by atoms with E-state index in [9.17, 15) is 17.6 Å². The monoisotopic (exact) mass is 478 g/mol. The van der Waals surface area contributed by atoms with Gasteiger partial charge in [-0.15, -0.1) is 0 Å². The molecule has 4 aromatic rings. The van der Waals surface area contributed by atoms with Crippen LogP contribution >= 0.6 is 0 Å². The number of nitrogens with one attached hydrogen (secondary N) is 2. The zero-order valence-corrected chi connectivity index (χ0v) is 19.7. The van der Waals surface area contributed by atoms with Crippen LogP contribution in [0, 0.1) is 19.7 Å². The van der Waals surface area contributed by atoms with Gasteiger partial charge in [-0.05, 0) is 62.9 Å². The number of aromatic nitrogens is 2. The van der Waals surface area contributed by atoms with Crippen molar-refractivity contribution in [3.63, 3.8) is 0 Å². The Bertz CT molecular complexity index is 1460. The molecule has 174 valence electrons. The van der Waals surface area contributed by atoms with Crippen molar-refractivity contribution < 1.29 is 17.6 Å². The molecule has 0 bridgehead atoms. The number of rotatable bonds is 6. The van der Waals surface area contributed by atoms with Crippen molar-refractivity contribution in [1.29, 1.82) is 0 Å². The van der Waals surface area contributed by atoms with E-state index in [4.69, 9.17) is 0 Å². The number of amides is 1. The molecule has 0 saturated heterocycles. The minimum absolute atomic E-state index is 0.0774. The van der Waals surface area contributed by atoms with Gasteiger partial charge in [0.2, 0.25) is 10.0 Å². The summed E-state index contributed by atoms with van der Waals surface area (Å²) >= 11 is 0. The Balaban J connectivity index is 1.75. The van der Waals surface area contributed by atoms with Crippen LogP contribution in [0.15, 0.2) is 77.8 Å². The van der Waals surface area contributed by atoms with Gasteiger partial charge in [-0.2, -0.15) is 5.10 Å². The van der Waals surface area contributed by atoms with E-state index in [1.165, 1.54) is 29.9 Å². The third-order valence-electron chi connectivity index (χ3n) is 5.38. The lowest BCUT2D eigenvalue weighted by Gasteiger charge is -2.10. The molecule has 9 heteroatoms. The Labute approximate surface area is 197 Å². The highest BCUT2D eigenvalue weighted by molar-refractivity contribution is 7.89. The summed E-state index contributed by atoms with van der Waals surface area (Å²) in [5, 5.41) is 7.36. The number of nitrogens with zero attached hydrogens (tertiary/aromatic N) is 2. The van der Waals surface area contributed by atoms with Crippen molar-refractivity contribution in [1.82, 2.24) is 14.5 Å². The van der Waals surface area contributed by atoms with Crippen LogP contribution in [0.3, 0.4) is 0 Å². The Morgan fingerprint density at radius 3 is 2.29 bits per heavy atom. The van der Waals surface area contributed by atoms with E-state index in [-0.39, 0.29) is 16.3 Å². The summed E-state index contributed by atoms with van der Waals surface area (Å²) in [5.74, 6) is -0.833. The third-order valence-corrected chi connectivity index (χ3v) is 6.94. The van der Waals surface area contributed by atoms with Crippen LogP contribution in [0.4, 0.5) is 10.1 Å². The lowest BCUT2D eigenvalue weighted by atomic mass is 10.1. The van der Waals surface area contributed by atoms with Gasteiger partial charge in [0.15, 0.2) is 0 Å². The van der Waals surface area contributed by atoms with Crippen molar-refractivity contribution in [3.8, 4) is 16.9 Å². The Hall–Kier alpha value is -3.82. The van der Waals surface area contributed by atoms with Crippen LogP contribution in [-0.2, 0) is 10.0 Å². The maximum Gasteiger partial charge on any atom is 0.259 e. The van der Waals surface area contributed by atoms with Gasteiger partial charge in [0.05, 0.1) is 16.1 Å². The lowest BCUT2D eigenvalue weighted by molar-refractivity contribution is 0.102. The third kappa shape index (κ3) is 4.75. The van der Waals surface area contributed by atoms with Crippen molar-refractivity contribution in [2.75, 3.05) is 12.4 Å². The summed E-state index contributed by atoms with van der Waals surface area (Å²) < 4.78 is 41.8. The molecule has 4 rings (SSSR count). The first-order valence-corrected chi connectivity index (χ1v) is 11.9. The van der Waals surface area contributed by atoms with Gasteiger partial charge in [0, 0.05) is 17.4 Å². The van der Waals surface area contributed by atoms with Crippen molar-refractivity contribution in [2.24, 2.45) is 0 Å². The van der Waals surface area contributed by atoms with Crippen LogP contribution in [-0.4, -0.2) is 31.2 Å². The SMILES string of the molecule is CNS(=O)(=O)c1cc(NC(=O)c2cn(-c3ccc(F)cc3)nc2-c2ccc(C)cc2)ccc1C. The second kappa shape index (κ2) is 9.20. The zero-order valence-electron chi connectivity index (χ0n) is 18.8. The number of sulfonamides is 1. The van der Waals surface area contributed by atoms with Crippen LogP contribution < -0.4 is 10.0 Å². The van der Waals surface area contributed by atoms with Gasteiger partial charge < -0.3 is 5.32 Å². The number of aryl methyl sites for hydroxylation is 2. The quantitative estimate of drug-likeness (QED) is 0.428. The molecule has 1 heterocycles. The molecule has 0 aliphatic rings. The fourth-order valence-electron chi connectivity index (χ4n) is 3.47. The maximum absolute atomic E-state index is 13.4. The molecule has 0 atom stereocenters. The number of benzene rings is 3. The second-order valence-corrected chi connectivity index (χ2v) is 9.68. The van der Waals surface area contributed by atoms with Gasteiger partial charge in [-0.3, -0.25) is 4.79 Å². The average Bonchev–Trinajstić information content (AvgIpc) is 3.27. The van der Waals surface area contributed by atoms with Crippen molar-refractivity contribution in [2.45, 2.75) is 18.7 Å². The van der Waals surface area contributed by atoms with E-state index in [1.807, 2.05) is 31.2 Å². The molecule has 0 fully saturated rings. The lowest BCUT2D eigenvalue weighted by Crippen LogP contribution is -2.20. The van der Waals surface area contributed by atoms with E-state index in [2.05, 4.69) is 15.1 Å². The molecule has 0 aliphatic heterocycles. The topological polar surface area (TPSA) is 93.1 Å². The van der Waals surface area contributed by atoms with Gasteiger partial charge in [0.25, 0.3) is 5.91 Å². The molecule has 0 radical (unpaired) electrons. The summed E-state index contributed by atoms with van der Waals surface area (Å²) in [6.07, 6.45) is 1.57. The highest BCUT2D eigenvalue weighted by atomic mass is 32.2. The fourth-order valence-corrected chi connectivity index (χ4v) is 4.46. The number of carbonyl (C=O) groups excluding carboxylic acids is 1. The molecule has 1 aromatic heterocycles. The summed E-state index contributed by atoms with van der Waals surface area (Å²) in [7, 11) is -2.36. The van der Waals surface area contributed by atoms with Crippen molar-refractivity contribution in [3.05, 3.63) is 95.4 Å². The number of carbonyl (C=O) groups is 1. The molecule has 7 nitrogen and oxygen atoms in total. The van der Waals surface area contributed by atoms with Crippen molar-refractivity contribution >= 4 is 21.6 Å². The highest BCUT2D eigenvalue weighted by Crippen LogP contribution is 2.26. The smallest absolute Gasteiger partial charge is 0.259 e. The van der Waals surface area contributed by atoms with Crippen LogP contribution in [0.5, 0.6) is 0 Å². The Morgan fingerprint density at radius 1 is 0.971 bits per heavy atom. The first-order valence-electron chi connectivity index (χ1n) is 10.5. The summed E-state index contributed by atoms with van der Waals surface area (Å²) in [4.78, 5) is 13.4. The largest absolute Gasteiger partial charge is 0.322 e. The van der Waals surface area contributed by atoms with E-state index >= 15 is 0 Å². The Kier molecular flexibility index (Phi) is 6.32. The highest BCUT2D eigenvalue weighted by Gasteiger charge is 2.21. The minimum atomic E-state index is -3.69. The first-order chi connectivity index (χ1) is 16.2. The number of hydrogen-bond donors (Lipinski definition) is 2. The zero-order chi connectivity index (χ0) is 24.5. The van der Waals surface area contributed by atoms with Gasteiger partial charge >= 0.3 is 0 Å². The van der Waals surface area contributed by atoms with Gasteiger partial charge in [-0.1, -0.05) is 35.9 Å². The normalized spacial score (nSPS) is 11.4. The van der Waals surface area contributed by atoms with Crippen LogP contribution in [0.25, 0.3) is 16.9 Å².